The summed E-state index contributed by atoms with van der Waals surface area (Å²) in [4.78, 5) is 8.42. The van der Waals surface area contributed by atoms with E-state index < -0.39 is 0 Å². The number of aromatic nitrogens is 2. The van der Waals surface area contributed by atoms with Gasteiger partial charge >= 0.3 is 0 Å². The van der Waals surface area contributed by atoms with Gasteiger partial charge in [0.25, 0.3) is 0 Å². The second kappa shape index (κ2) is 25.3. The standard InChI is InChI=1S/C24H36Br2N4O2S2.2ClH/c25-21-7-9-23(29-19-21)31-15-5-1-3-11-27-13-17-33-34-18-14-28-12-4-2-6-16-32-24-10-8-22(26)20-30-24;;/h7-10,19-20,27-28H,1-6,11-18H2;2*1H. The predicted molar refractivity (Wildman–Crippen MR) is 168 cm³/mol. The Morgan fingerprint density at radius 2 is 1.06 bits per heavy atom. The van der Waals surface area contributed by atoms with E-state index in [9.17, 15) is 0 Å². The third-order valence-electron chi connectivity index (χ3n) is 4.70. The fourth-order valence-corrected chi connectivity index (χ4v) is 5.27. The zero-order valence-electron chi connectivity index (χ0n) is 20.5. The molecule has 0 aliphatic heterocycles. The monoisotopic (exact) mass is 706 g/mol. The molecule has 0 radical (unpaired) electrons. The number of ether oxygens (including phenoxy) is 2. The molecule has 2 rings (SSSR count). The van der Waals surface area contributed by atoms with Crippen molar-refractivity contribution in [3.63, 3.8) is 0 Å². The number of pyridine rings is 2. The second-order valence-electron chi connectivity index (χ2n) is 7.59. The molecule has 36 heavy (non-hydrogen) atoms. The molecule has 206 valence electrons. The lowest BCUT2D eigenvalue weighted by Gasteiger charge is -2.07. The molecule has 2 aromatic rings. The van der Waals surface area contributed by atoms with Gasteiger partial charge < -0.3 is 20.1 Å². The summed E-state index contributed by atoms with van der Waals surface area (Å²) < 4.78 is 13.2. The van der Waals surface area contributed by atoms with Gasteiger partial charge in [0.2, 0.25) is 11.8 Å². The molecule has 0 bridgehead atoms. The zero-order chi connectivity index (χ0) is 24.1. The Kier molecular flexibility index (Phi) is 25.4. The molecule has 2 heterocycles. The van der Waals surface area contributed by atoms with E-state index in [4.69, 9.17) is 9.47 Å². The summed E-state index contributed by atoms with van der Waals surface area (Å²) in [6.45, 7) is 5.76. The van der Waals surface area contributed by atoms with Gasteiger partial charge in [-0.1, -0.05) is 21.6 Å². The smallest absolute Gasteiger partial charge is 0.213 e. The maximum atomic E-state index is 5.64. The van der Waals surface area contributed by atoms with Crippen LogP contribution in [0.5, 0.6) is 11.8 Å². The highest BCUT2D eigenvalue weighted by atomic mass is 79.9. The van der Waals surface area contributed by atoms with Gasteiger partial charge in [0, 0.05) is 58.1 Å². The Morgan fingerprint density at radius 1 is 0.611 bits per heavy atom. The van der Waals surface area contributed by atoms with Crippen molar-refractivity contribution < 1.29 is 9.47 Å². The van der Waals surface area contributed by atoms with Crippen LogP contribution in [0.25, 0.3) is 0 Å². The molecule has 0 spiro atoms. The van der Waals surface area contributed by atoms with Gasteiger partial charge in [0.05, 0.1) is 13.2 Å². The van der Waals surface area contributed by atoms with E-state index >= 15 is 0 Å². The fourth-order valence-electron chi connectivity index (χ4n) is 2.90. The van der Waals surface area contributed by atoms with Gasteiger partial charge in [-0.05, 0) is 95.6 Å². The van der Waals surface area contributed by atoms with Gasteiger partial charge in [-0.3, -0.25) is 0 Å². The lowest BCUT2D eigenvalue weighted by atomic mass is 10.2. The van der Waals surface area contributed by atoms with E-state index in [1.807, 2.05) is 45.9 Å². The molecule has 6 nitrogen and oxygen atoms in total. The number of nitrogens with one attached hydrogen (secondary N) is 2. The lowest BCUT2D eigenvalue weighted by molar-refractivity contribution is 0.293. The van der Waals surface area contributed by atoms with Gasteiger partial charge in [0.1, 0.15) is 0 Å². The van der Waals surface area contributed by atoms with E-state index in [1.54, 1.807) is 12.4 Å². The van der Waals surface area contributed by atoms with Crippen molar-refractivity contribution >= 4 is 78.3 Å². The number of nitrogens with zero attached hydrogens (tertiary/aromatic N) is 2. The minimum Gasteiger partial charge on any atom is -0.478 e. The molecule has 0 unspecified atom stereocenters. The molecule has 2 N–H and O–H groups in total. The second-order valence-corrected chi connectivity index (χ2v) is 12.1. The summed E-state index contributed by atoms with van der Waals surface area (Å²) in [6, 6.07) is 7.67. The van der Waals surface area contributed by atoms with E-state index in [-0.39, 0.29) is 24.8 Å². The number of hydrogen-bond acceptors (Lipinski definition) is 8. The largest absolute Gasteiger partial charge is 0.478 e. The van der Waals surface area contributed by atoms with Crippen LogP contribution < -0.4 is 20.1 Å². The molecular formula is C24H38Br2Cl2N4O2S2. The first-order chi connectivity index (χ1) is 16.7. The van der Waals surface area contributed by atoms with E-state index in [0.717, 1.165) is 72.7 Å². The van der Waals surface area contributed by atoms with Crippen molar-refractivity contribution in [2.75, 3.05) is 50.9 Å². The number of halogens is 4. The Hall–Kier alpha value is 0.0600. The number of rotatable bonds is 21. The minimum absolute atomic E-state index is 0. The van der Waals surface area contributed by atoms with Crippen LogP contribution in [0.2, 0.25) is 0 Å². The maximum Gasteiger partial charge on any atom is 0.213 e. The van der Waals surface area contributed by atoms with E-state index in [0.29, 0.717) is 11.8 Å². The van der Waals surface area contributed by atoms with Crippen LogP contribution in [0.15, 0.2) is 45.6 Å². The molecule has 0 aliphatic carbocycles. The SMILES string of the molecule is Brc1ccc(OCCCCCNCCSSCCNCCCCCOc2ccc(Br)cn2)nc1.Cl.Cl. The Bertz CT molecular complexity index is 690. The fraction of sp³-hybridized carbons (Fsp3) is 0.583. The molecule has 2 aromatic heterocycles. The van der Waals surface area contributed by atoms with Gasteiger partial charge in [-0.25, -0.2) is 9.97 Å². The predicted octanol–water partition coefficient (Wildman–Crippen LogP) is 7.20. The first kappa shape index (κ1) is 36.1. The number of hydrogen-bond donors (Lipinski definition) is 2. The first-order valence-electron chi connectivity index (χ1n) is 11.9. The minimum atomic E-state index is 0. The van der Waals surface area contributed by atoms with Crippen molar-refractivity contribution in [1.82, 2.24) is 20.6 Å². The summed E-state index contributed by atoms with van der Waals surface area (Å²) >= 11 is 6.75. The first-order valence-corrected chi connectivity index (χ1v) is 16.0. The molecule has 0 saturated heterocycles. The quantitative estimate of drug-likeness (QED) is 0.104. The molecule has 0 saturated carbocycles. The van der Waals surface area contributed by atoms with Crippen LogP contribution in [0, 0.1) is 0 Å². The van der Waals surface area contributed by atoms with Crippen molar-refractivity contribution in [1.29, 1.82) is 0 Å². The van der Waals surface area contributed by atoms with Crippen molar-refractivity contribution in [3.8, 4) is 11.8 Å². The summed E-state index contributed by atoms with van der Waals surface area (Å²) in [7, 11) is 3.91. The zero-order valence-corrected chi connectivity index (χ0v) is 26.9. The van der Waals surface area contributed by atoms with Crippen LogP contribution in [0.3, 0.4) is 0 Å². The van der Waals surface area contributed by atoms with Gasteiger partial charge in [-0.15, -0.1) is 24.8 Å². The number of unbranched alkanes of at least 4 members (excludes halogenated alkanes) is 4. The topological polar surface area (TPSA) is 68.3 Å². The summed E-state index contributed by atoms with van der Waals surface area (Å²) in [5.41, 5.74) is 0. The van der Waals surface area contributed by atoms with Crippen LogP contribution in [0.1, 0.15) is 38.5 Å². The highest BCUT2D eigenvalue weighted by Gasteiger charge is 1.98. The Morgan fingerprint density at radius 3 is 1.44 bits per heavy atom. The molecule has 0 aromatic carbocycles. The molecule has 0 atom stereocenters. The van der Waals surface area contributed by atoms with Crippen LogP contribution in [-0.2, 0) is 0 Å². The molecule has 0 fully saturated rings. The highest BCUT2D eigenvalue weighted by molar-refractivity contribution is 9.10. The molecule has 0 aliphatic rings. The average Bonchev–Trinajstić information content (AvgIpc) is 2.85. The molecular weight excluding hydrogens is 671 g/mol. The van der Waals surface area contributed by atoms with Crippen LogP contribution in [-0.4, -0.2) is 60.9 Å². The van der Waals surface area contributed by atoms with Crippen LogP contribution >= 0.6 is 78.3 Å². The molecule has 0 amide bonds. The highest BCUT2D eigenvalue weighted by Crippen LogP contribution is 2.19. The third-order valence-corrected chi connectivity index (χ3v) is 8.05. The van der Waals surface area contributed by atoms with Crippen molar-refractivity contribution in [3.05, 3.63) is 45.6 Å². The summed E-state index contributed by atoms with van der Waals surface area (Å²) in [6.07, 6.45) is 10.4. The van der Waals surface area contributed by atoms with Crippen LogP contribution in [0.4, 0.5) is 0 Å². The van der Waals surface area contributed by atoms with E-state index in [1.165, 1.54) is 25.7 Å². The van der Waals surface area contributed by atoms with Crippen molar-refractivity contribution in [2.24, 2.45) is 0 Å². The van der Waals surface area contributed by atoms with Gasteiger partial charge in [-0.2, -0.15) is 0 Å². The Balaban J connectivity index is 0.00000612. The lowest BCUT2D eigenvalue weighted by Crippen LogP contribution is -2.19. The summed E-state index contributed by atoms with van der Waals surface area (Å²) in [5.74, 6) is 3.69. The average molecular weight is 709 g/mol. The maximum absolute atomic E-state index is 5.64. The van der Waals surface area contributed by atoms with E-state index in [2.05, 4.69) is 52.5 Å². The van der Waals surface area contributed by atoms with Crippen molar-refractivity contribution in [2.45, 2.75) is 38.5 Å². The van der Waals surface area contributed by atoms with Gasteiger partial charge in [0.15, 0.2) is 0 Å². The molecule has 12 heteroatoms. The normalized spacial score (nSPS) is 10.4. The summed E-state index contributed by atoms with van der Waals surface area (Å²) in [5, 5.41) is 7.05. The third kappa shape index (κ3) is 20.1. The Labute approximate surface area is 253 Å².